The van der Waals surface area contributed by atoms with Gasteiger partial charge in [-0.3, -0.25) is 4.74 Å². The number of alkyl halides is 3. The van der Waals surface area contributed by atoms with Crippen LogP contribution >= 0.6 is 0 Å². The Kier molecular flexibility index (Phi) is 8.46. The van der Waals surface area contributed by atoms with Crippen LogP contribution in [-0.4, -0.2) is 61.3 Å². The van der Waals surface area contributed by atoms with Crippen LogP contribution in [0.2, 0.25) is 0 Å². The molecule has 2 aromatic rings. The van der Waals surface area contributed by atoms with Crippen molar-refractivity contribution < 1.29 is 22.6 Å². The molecule has 2 fully saturated rings. The van der Waals surface area contributed by atoms with Crippen molar-refractivity contribution >= 4 is 11.6 Å². The summed E-state index contributed by atoms with van der Waals surface area (Å²) in [6.45, 7) is 2.44. The molecule has 1 aliphatic heterocycles. The molecule has 2 aromatic heterocycles. The van der Waals surface area contributed by atoms with Gasteiger partial charge in [0.2, 0.25) is 0 Å². The fourth-order valence-electron chi connectivity index (χ4n) is 5.55. The van der Waals surface area contributed by atoms with E-state index in [0.717, 1.165) is 94.0 Å². The Morgan fingerprint density at radius 1 is 0.946 bits per heavy atom. The van der Waals surface area contributed by atoms with E-state index < -0.39 is 6.36 Å². The molecule has 0 atom stereocenters. The molecule has 0 bridgehead atoms. The van der Waals surface area contributed by atoms with E-state index in [1.54, 1.807) is 0 Å². The molecule has 0 radical (unpaired) electrons. The lowest BCUT2D eigenvalue weighted by Crippen LogP contribution is -2.39. The molecule has 0 amide bonds. The van der Waals surface area contributed by atoms with Crippen molar-refractivity contribution in [3.63, 3.8) is 0 Å². The SMILES string of the molecule is FC(F)(F)OCCNC1CCC(Nc2cc3c(cn2)CCc2ccc(NCC4CCOCC4)nc2-3)CC1. The van der Waals surface area contributed by atoms with Crippen LogP contribution in [-0.2, 0) is 22.3 Å². The lowest BCUT2D eigenvalue weighted by Gasteiger charge is -2.30. The van der Waals surface area contributed by atoms with Gasteiger partial charge in [-0.1, -0.05) is 6.07 Å². The lowest BCUT2D eigenvalue weighted by atomic mass is 9.89. The van der Waals surface area contributed by atoms with Gasteiger partial charge in [-0.05, 0) is 80.5 Å². The first-order chi connectivity index (χ1) is 17.9. The van der Waals surface area contributed by atoms with Crippen LogP contribution in [0.3, 0.4) is 0 Å². The molecule has 7 nitrogen and oxygen atoms in total. The molecular weight excluding hydrogens is 483 g/mol. The summed E-state index contributed by atoms with van der Waals surface area (Å²) in [6.07, 6.45) is 5.19. The number of aromatic nitrogens is 2. The Hall–Kier alpha value is -2.43. The standard InChI is InChI=1S/C27H36F3N5O2/c28-27(29,30)37-14-11-31-21-4-6-22(7-5-21)34-25-15-23-20(17-33-25)2-1-19-3-8-24(35-26(19)23)32-16-18-9-12-36-13-10-18/h3,8,15,17-18,21-22,31H,1-2,4-7,9-14,16H2,(H,32,35)(H,33,34). The summed E-state index contributed by atoms with van der Waals surface area (Å²) in [5.41, 5.74) is 4.68. The van der Waals surface area contributed by atoms with Crippen LogP contribution in [0.15, 0.2) is 24.4 Å². The largest absolute Gasteiger partial charge is 0.522 e. The highest BCUT2D eigenvalue weighted by Crippen LogP contribution is 2.34. The number of aryl methyl sites for hydroxylation is 2. The van der Waals surface area contributed by atoms with Gasteiger partial charge in [-0.15, -0.1) is 13.2 Å². The first-order valence-corrected chi connectivity index (χ1v) is 13.4. The maximum atomic E-state index is 12.1. The minimum absolute atomic E-state index is 0.201. The average molecular weight is 520 g/mol. The predicted octanol–water partition coefficient (Wildman–Crippen LogP) is 4.93. The molecule has 10 heteroatoms. The molecule has 3 aliphatic rings. The molecule has 0 aromatic carbocycles. The number of hydrogen-bond acceptors (Lipinski definition) is 7. The number of fused-ring (bicyclic) bond motifs is 3. The van der Waals surface area contributed by atoms with E-state index in [-0.39, 0.29) is 19.2 Å². The van der Waals surface area contributed by atoms with Gasteiger partial charge in [-0.25, -0.2) is 9.97 Å². The summed E-state index contributed by atoms with van der Waals surface area (Å²) in [6, 6.07) is 6.92. The summed E-state index contributed by atoms with van der Waals surface area (Å²) in [5.74, 6) is 2.39. The van der Waals surface area contributed by atoms with Gasteiger partial charge in [0, 0.05) is 50.1 Å². The number of rotatable bonds is 9. The minimum Gasteiger partial charge on any atom is -0.381 e. The number of hydrogen-bond donors (Lipinski definition) is 3. The molecule has 37 heavy (non-hydrogen) atoms. The zero-order valence-electron chi connectivity index (χ0n) is 21.1. The fourth-order valence-corrected chi connectivity index (χ4v) is 5.55. The highest BCUT2D eigenvalue weighted by Gasteiger charge is 2.29. The van der Waals surface area contributed by atoms with Gasteiger partial charge in [0.05, 0.1) is 12.3 Å². The third kappa shape index (κ3) is 7.33. The average Bonchev–Trinajstić information content (AvgIpc) is 2.91. The smallest absolute Gasteiger partial charge is 0.381 e. The number of pyridine rings is 2. The summed E-state index contributed by atoms with van der Waals surface area (Å²) in [5, 5.41) is 10.3. The Bertz CT molecular complexity index is 1040. The van der Waals surface area contributed by atoms with Crippen LogP contribution < -0.4 is 16.0 Å². The summed E-state index contributed by atoms with van der Waals surface area (Å²) >= 11 is 0. The molecule has 2 aliphatic carbocycles. The Balaban J connectivity index is 1.16. The summed E-state index contributed by atoms with van der Waals surface area (Å²) < 4.78 is 45.7. The molecule has 5 rings (SSSR count). The van der Waals surface area contributed by atoms with Gasteiger partial charge >= 0.3 is 6.36 Å². The molecule has 3 heterocycles. The van der Waals surface area contributed by atoms with Crippen LogP contribution in [0.25, 0.3) is 11.3 Å². The van der Waals surface area contributed by atoms with Crippen molar-refractivity contribution in [2.45, 2.75) is 69.8 Å². The lowest BCUT2D eigenvalue weighted by molar-refractivity contribution is -0.323. The normalized spacial score (nSPS) is 22.2. The van der Waals surface area contributed by atoms with Crippen LogP contribution in [0, 0.1) is 5.92 Å². The molecule has 0 spiro atoms. The van der Waals surface area contributed by atoms with E-state index in [2.05, 4.69) is 43.9 Å². The van der Waals surface area contributed by atoms with Crippen molar-refractivity contribution in [1.82, 2.24) is 15.3 Å². The molecule has 3 N–H and O–H groups in total. The van der Waals surface area contributed by atoms with Crippen molar-refractivity contribution in [3.8, 4) is 11.3 Å². The van der Waals surface area contributed by atoms with Gasteiger partial charge in [-0.2, -0.15) is 0 Å². The van der Waals surface area contributed by atoms with Gasteiger partial charge in [0.25, 0.3) is 0 Å². The third-order valence-electron chi connectivity index (χ3n) is 7.68. The molecule has 202 valence electrons. The number of anilines is 2. The number of nitrogens with zero attached hydrogens (tertiary/aromatic N) is 2. The third-order valence-corrected chi connectivity index (χ3v) is 7.68. The quantitative estimate of drug-likeness (QED) is 0.406. The zero-order valence-corrected chi connectivity index (χ0v) is 21.1. The van der Waals surface area contributed by atoms with Crippen molar-refractivity contribution in [3.05, 3.63) is 35.5 Å². The number of halogens is 3. The Labute approximate surface area is 215 Å². The second kappa shape index (κ2) is 12.0. The molecule has 0 unspecified atom stereocenters. The molecular formula is C27H36F3N5O2. The van der Waals surface area contributed by atoms with Gasteiger partial charge < -0.3 is 20.7 Å². The molecule has 1 saturated carbocycles. The zero-order chi connectivity index (χ0) is 25.7. The maximum absolute atomic E-state index is 12.1. The number of nitrogens with one attached hydrogen (secondary N) is 3. The minimum atomic E-state index is -4.57. The second-order valence-corrected chi connectivity index (χ2v) is 10.3. The Morgan fingerprint density at radius 2 is 1.70 bits per heavy atom. The maximum Gasteiger partial charge on any atom is 0.522 e. The van der Waals surface area contributed by atoms with E-state index in [1.165, 1.54) is 11.1 Å². The Morgan fingerprint density at radius 3 is 2.49 bits per heavy atom. The number of ether oxygens (including phenoxy) is 2. The van der Waals surface area contributed by atoms with Crippen molar-refractivity contribution in [1.29, 1.82) is 0 Å². The monoisotopic (exact) mass is 519 g/mol. The highest BCUT2D eigenvalue weighted by atomic mass is 19.4. The van der Waals surface area contributed by atoms with Crippen molar-refractivity contribution in [2.75, 3.05) is 43.5 Å². The van der Waals surface area contributed by atoms with Gasteiger partial charge in [0.15, 0.2) is 0 Å². The fraction of sp³-hybridized carbons (Fsp3) is 0.630. The summed E-state index contributed by atoms with van der Waals surface area (Å²) in [4.78, 5) is 9.68. The highest BCUT2D eigenvalue weighted by molar-refractivity contribution is 5.73. The topological polar surface area (TPSA) is 80.3 Å². The van der Waals surface area contributed by atoms with E-state index in [1.807, 2.05) is 6.20 Å². The second-order valence-electron chi connectivity index (χ2n) is 10.3. The van der Waals surface area contributed by atoms with E-state index in [0.29, 0.717) is 12.0 Å². The van der Waals surface area contributed by atoms with E-state index in [4.69, 9.17) is 9.72 Å². The predicted molar refractivity (Wildman–Crippen MR) is 137 cm³/mol. The van der Waals surface area contributed by atoms with E-state index >= 15 is 0 Å². The van der Waals surface area contributed by atoms with Crippen LogP contribution in [0.4, 0.5) is 24.8 Å². The first kappa shape index (κ1) is 26.2. The van der Waals surface area contributed by atoms with Gasteiger partial charge in [0.1, 0.15) is 11.6 Å². The first-order valence-electron chi connectivity index (χ1n) is 13.4. The van der Waals surface area contributed by atoms with E-state index in [9.17, 15) is 13.2 Å². The molecule has 1 saturated heterocycles. The van der Waals surface area contributed by atoms with Crippen molar-refractivity contribution in [2.24, 2.45) is 5.92 Å². The van der Waals surface area contributed by atoms with Crippen LogP contribution in [0.1, 0.15) is 49.7 Å². The van der Waals surface area contributed by atoms with Crippen LogP contribution in [0.5, 0.6) is 0 Å². The summed E-state index contributed by atoms with van der Waals surface area (Å²) in [7, 11) is 0.